The van der Waals surface area contributed by atoms with Crippen LogP contribution in [0.4, 0.5) is 27.6 Å². The van der Waals surface area contributed by atoms with Crippen LogP contribution < -0.4 is 4.72 Å². The van der Waals surface area contributed by atoms with E-state index in [9.17, 15) is 30.4 Å². The Bertz CT molecular complexity index is 1210. The first-order chi connectivity index (χ1) is 14.0. The minimum atomic E-state index is -4.05. The molecule has 0 aliphatic heterocycles. The van der Waals surface area contributed by atoms with E-state index in [0.29, 0.717) is 6.54 Å². The molecule has 0 bridgehead atoms. The van der Waals surface area contributed by atoms with Gasteiger partial charge in [-0.3, -0.25) is 14.1 Å². The molecule has 0 aliphatic rings. The van der Waals surface area contributed by atoms with Crippen LogP contribution in [0, 0.1) is 42.9 Å². The van der Waals surface area contributed by atoms with E-state index in [-0.39, 0.29) is 22.0 Å². The standard InChI is InChI=1S/C17H16F5N5O2S/c1-4-26-6-10(5-23-26)30(28,29)25-17-8(2)24-27(9(17)3)7-11-12(18)14(20)16(22)15(21)13(11)19/h5-6,25H,4,7H2,1-3H3. The fourth-order valence-corrected chi connectivity index (χ4v) is 3.92. The zero-order chi connectivity index (χ0) is 22.4. The number of benzene rings is 1. The topological polar surface area (TPSA) is 81.8 Å². The highest BCUT2D eigenvalue weighted by molar-refractivity contribution is 7.92. The molecular weight excluding hydrogens is 433 g/mol. The minimum absolute atomic E-state index is 0.0168. The smallest absolute Gasteiger partial charge is 0.265 e. The van der Waals surface area contributed by atoms with Gasteiger partial charge >= 0.3 is 0 Å². The number of aromatic nitrogens is 4. The predicted molar refractivity (Wildman–Crippen MR) is 95.7 cm³/mol. The largest absolute Gasteiger partial charge is 0.276 e. The molecule has 0 saturated carbocycles. The Morgan fingerprint density at radius 2 is 1.57 bits per heavy atom. The van der Waals surface area contributed by atoms with Gasteiger partial charge < -0.3 is 0 Å². The van der Waals surface area contributed by atoms with Crippen molar-refractivity contribution in [1.82, 2.24) is 19.6 Å². The Hall–Kier alpha value is -2.96. The molecule has 0 fully saturated rings. The number of nitrogens with zero attached hydrogens (tertiary/aromatic N) is 4. The summed E-state index contributed by atoms with van der Waals surface area (Å²) in [6.07, 6.45) is 2.46. The lowest BCUT2D eigenvalue weighted by molar-refractivity contribution is 0.366. The summed E-state index contributed by atoms with van der Waals surface area (Å²) in [7, 11) is -4.05. The lowest BCUT2D eigenvalue weighted by Crippen LogP contribution is -2.15. The van der Waals surface area contributed by atoms with Crippen LogP contribution in [0.5, 0.6) is 0 Å². The van der Waals surface area contributed by atoms with Crippen molar-refractivity contribution in [1.29, 1.82) is 0 Å². The third-order valence-electron chi connectivity index (χ3n) is 4.47. The van der Waals surface area contributed by atoms with Crippen molar-refractivity contribution in [2.75, 3.05) is 4.72 Å². The molecule has 0 radical (unpaired) electrons. The number of aryl methyl sites for hydroxylation is 2. The first-order valence-corrected chi connectivity index (χ1v) is 10.1. The van der Waals surface area contributed by atoms with E-state index in [1.807, 2.05) is 0 Å². The number of hydrogen-bond donors (Lipinski definition) is 1. The van der Waals surface area contributed by atoms with Crippen molar-refractivity contribution in [2.24, 2.45) is 0 Å². The van der Waals surface area contributed by atoms with Crippen molar-refractivity contribution in [2.45, 2.75) is 38.8 Å². The highest BCUT2D eigenvalue weighted by Gasteiger charge is 2.27. The van der Waals surface area contributed by atoms with Gasteiger partial charge in [-0.25, -0.2) is 30.4 Å². The average molecular weight is 449 g/mol. The molecule has 0 unspecified atom stereocenters. The fourth-order valence-electron chi connectivity index (χ4n) is 2.79. The van der Waals surface area contributed by atoms with Crippen LogP contribution in [0.1, 0.15) is 23.9 Å². The van der Waals surface area contributed by atoms with Gasteiger partial charge in [0.1, 0.15) is 4.90 Å². The molecule has 30 heavy (non-hydrogen) atoms. The second kappa shape index (κ2) is 7.70. The summed E-state index contributed by atoms with van der Waals surface area (Å²) in [4.78, 5) is -0.115. The molecule has 0 spiro atoms. The lowest BCUT2D eigenvalue weighted by Gasteiger charge is -2.10. The number of sulfonamides is 1. The molecule has 7 nitrogen and oxygen atoms in total. The van der Waals surface area contributed by atoms with Gasteiger partial charge in [-0.15, -0.1) is 0 Å². The van der Waals surface area contributed by atoms with E-state index in [4.69, 9.17) is 0 Å². The Balaban J connectivity index is 1.98. The Morgan fingerprint density at radius 3 is 2.10 bits per heavy atom. The van der Waals surface area contributed by atoms with Gasteiger partial charge in [-0.1, -0.05) is 0 Å². The third kappa shape index (κ3) is 3.64. The molecule has 0 saturated heterocycles. The van der Waals surface area contributed by atoms with E-state index >= 15 is 0 Å². The molecule has 0 amide bonds. The number of rotatable bonds is 6. The molecular formula is C17H16F5N5O2S. The molecule has 2 heterocycles. The van der Waals surface area contributed by atoms with Crippen LogP contribution in [-0.4, -0.2) is 28.0 Å². The van der Waals surface area contributed by atoms with Crippen LogP contribution in [0.2, 0.25) is 0 Å². The quantitative estimate of drug-likeness (QED) is 0.356. The van der Waals surface area contributed by atoms with Crippen LogP contribution >= 0.6 is 0 Å². The second-order valence-corrected chi connectivity index (χ2v) is 8.07. The molecule has 13 heteroatoms. The summed E-state index contributed by atoms with van der Waals surface area (Å²) in [6, 6.07) is 0. The minimum Gasteiger partial charge on any atom is -0.276 e. The first kappa shape index (κ1) is 21.7. The van der Waals surface area contributed by atoms with Crippen molar-refractivity contribution >= 4 is 15.7 Å². The number of anilines is 1. The summed E-state index contributed by atoms with van der Waals surface area (Å²) >= 11 is 0. The summed E-state index contributed by atoms with van der Waals surface area (Å²) in [6.45, 7) is 4.24. The average Bonchev–Trinajstić information content (AvgIpc) is 3.29. The maximum Gasteiger partial charge on any atom is 0.265 e. The van der Waals surface area contributed by atoms with E-state index in [1.165, 1.54) is 24.7 Å². The molecule has 0 aliphatic carbocycles. The summed E-state index contributed by atoms with van der Waals surface area (Å²) < 4.78 is 97.9. The summed E-state index contributed by atoms with van der Waals surface area (Å²) in [5, 5.41) is 7.85. The normalized spacial score (nSPS) is 11.9. The van der Waals surface area contributed by atoms with E-state index in [2.05, 4.69) is 14.9 Å². The van der Waals surface area contributed by atoms with Crippen LogP contribution in [0.25, 0.3) is 0 Å². The maximum atomic E-state index is 14.0. The first-order valence-electron chi connectivity index (χ1n) is 8.57. The zero-order valence-electron chi connectivity index (χ0n) is 16.0. The van der Waals surface area contributed by atoms with Crippen molar-refractivity contribution in [3.05, 3.63) is 58.4 Å². The van der Waals surface area contributed by atoms with Crippen molar-refractivity contribution < 1.29 is 30.4 Å². The molecule has 1 N–H and O–H groups in total. The van der Waals surface area contributed by atoms with Gasteiger partial charge in [0.05, 0.1) is 35.4 Å². The van der Waals surface area contributed by atoms with Crippen LogP contribution in [0.3, 0.4) is 0 Å². The van der Waals surface area contributed by atoms with Crippen molar-refractivity contribution in [3.8, 4) is 0 Å². The molecule has 3 rings (SSSR count). The molecule has 3 aromatic rings. The summed E-state index contributed by atoms with van der Waals surface area (Å²) in [5.74, 6) is -10.4. The zero-order valence-corrected chi connectivity index (χ0v) is 16.8. The van der Waals surface area contributed by atoms with E-state index in [0.717, 1.165) is 10.9 Å². The van der Waals surface area contributed by atoms with Gasteiger partial charge in [0.15, 0.2) is 23.3 Å². The van der Waals surface area contributed by atoms with Gasteiger partial charge in [0.2, 0.25) is 5.82 Å². The molecule has 1 aromatic carbocycles. The van der Waals surface area contributed by atoms with Gasteiger partial charge in [-0.2, -0.15) is 10.2 Å². The third-order valence-corrected chi connectivity index (χ3v) is 5.77. The highest BCUT2D eigenvalue weighted by atomic mass is 32.2. The SMILES string of the molecule is CCn1cc(S(=O)(=O)Nc2c(C)nn(Cc3c(F)c(F)c(F)c(F)c3F)c2C)cn1. The highest BCUT2D eigenvalue weighted by Crippen LogP contribution is 2.27. The molecule has 2 aromatic heterocycles. The van der Waals surface area contributed by atoms with E-state index < -0.39 is 51.2 Å². The number of hydrogen-bond acceptors (Lipinski definition) is 4. The van der Waals surface area contributed by atoms with Gasteiger partial charge in [0, 0.05) is 12.7 Å². The molecule has 162 valence electrons. The second-order valence-electron chi connectivity index (χ2n) is 6.39. The summed E-state index contributed by atoms with van der Waals surface area (Å²) in [5.41, 5.74) is -0.815. The van der Waals surface area contributed by atoms with Crippen LogP contribution in [-0.2, 0) is 23.1 Å². The Morgan fingerprint density at radius 1 is 1.00 bits per heavy atom. The fraction of sp³-hybridized carbons (Fsp3) is 0.294. The van der Waals surface area contributed by atoms with Gasteiger partial charge in [-0.05, 0) is 20.8 Å². The van der Waals surface area contributed by atoms with Gasteiger partial charge in [0.25, 0.3) is 10.0 Å². The van der Waals surface area contributed by atoms with E-state index in [1.54, 1.807) is 6.92 Å². The maximum absolute atomic E-state index is 14.0. The lowest BCUT2D eigenvalue weighted by atomic mass is 10.1. The predicted octanol–water partition coefficient (Wildman–Crippen LogP) is 3.26. The molecule has 0 atom stereocenters. The Labute approximate surface area is 168 Å². The number of halogens is 5. The number of nitrogens with one attached hydrogen (secondary N) is 1. The monoisotopic (exact) mass is 449 g/mol. The van der Waals surface area contributed by atoms with Crippen molar-refractivity contribution in [3.63, 3.8) is 0 Å². The Kier molecular flexibility index (Phi) is 5.58. The van der Waals surface area contributed by atoms with Crippen LogP contribution in [0.15, 0.2) is 17.3 Å².